The quantitative estimate of drug-likeness (QED) is 0.375. The third kappa shape index (κ3) is 4.28. The monoisotopic (exact) mass is 332 g/mol. The molecule has 7 atom stereocenters. The molecule has 4 N–H and O–H groups in total. The molecule has 23 heavy (non-hydrogen) atoms. The van der Waals surface area contributed by atoms with E-state index in [1.807, 2.05) is 19.9 Å². The van der Waals surface area contributed by atoms with Gasteiger partial charge in [-0.3, -0.25) is 0 Å². The summed E-state index contributed by atoms with van der Waals surface area (Å²) in [6.07, 6.45) is -5.38. The first kappa shape index (κ1) is 18.3. The van der Waals surface area contributed by atoms with Crippen molar-refractivity contribution >= 4 is 5.97 Å². The number of carbonyl (C=O) groups excluding carboxylic acids is 1. The number of rotatable bonds is 4. The Bertz CT molecular complexity index is 445. The molecule has 2 aliphatic rings. The molecule has 0 spiro atoms. The van der Waals surface area contributed by atoms with Crippen molar-refractivity contribution in [1.29, 1.82) is 0 Å². The first-order valence-electron chi connectivity index (χ1n) is 7.65. The maximum absolute atomic E-state index is 12.0. The summed E-state index contributed by atoms with van der Waals surface area (Å²) >= 11 is 0. The molecule has 8 nitrogen and oxygen atoms in total. The van der Waals surface area contributed by atoms with Gasteiger partial charge in [0.15, 0.2) is 12.4 Å². The highest BCUT2D eigenvalue weighted by atomic mass is 16.7. The smallest absolute Gasteiger partial charge is 0.335 e. The van der Waals surface area contributed by atoms with E-state index in [4.69, 9.17) is 19.3 Å². The van der Waals surface area contributed by atoms with Crippen molar-refractivity contribution in [1.82, 2.24) is 0 Å². The Morgan fingerprint density at radius 1 is 1.22 bits per heavy atom. The molecule has 0 amide bonds. The fraction of sp³-hybridized carbons (Fsp3) is 0.800. The lowest BCUT2D eigenvalue weighted by atomic mass is 9.99. The summed E-state index contributed by atoms with van der Waals surface area (Å²) in [6, 6.07) is 0. The molecule has 132 valence electrons. The number of carbonyl (C=O) groups is 1. The van der Waals surface area contributed by atoms with Crippen molar-refractivity contribution in [2.45, 2.75) is 69.6 Å². The standard InChI is InChI=1S/C15H24O8/c1-7(2)5-8-3-4-9(14(20)21-8)22-15-13(19)12(18)11(17)10(6-16)23-15/h5,8-13,15-19H,3-4,6H2,1-2H3/t8?,9?,10-,11-,12+,13-,15-/m1/s1. The third-order valence-corrected chi connectivity index (χ3v) is 3.91. The zero-order valence-electron chi connectivity index (χ0n) is 13.2. The molecule has 2 rings (SSSR count). The second kappa shape index (κ2) is 7.69. The molecule has 0 aliphatic carbocycles. The van der Waals surface area contributed by atoms with Crippen LogP contribution in [-0.4, -0.2) is 75.9 Å². The zero-order valence-corrected chi connectivity index (χ0v) is 13.2. The fourth-order valence-corrected chi connectivity index (χ4v) is 2.67. The summed E-state index contributed by atoms with van der Waals surface area (Å²) in [4.78, 5) is 12.0. The maximum Gasteiger partial charge on any atom is 0.335 e. The van der Waals surface area contributed by atoms with Crippen molar-refractivity contribution in [3.63, 3.8) is 0 Å². The zero-order chi connectivity index (χ0) is 17.1. The van der Waals surface area contributed by atoms with Gasteiger partial charge in [-0.15, -0.1) is 0 Å². The van der Waals surface area contributed by atoms with Gasteiger partial charge >= 0.3 is 5.97 Å². The maximum atomic E-state index is 12.0. The molecule has 2 fully saturated rings. The van der Waals surface area contributed by atoms with E-state index in [1.165, 1.54) is 0 Å². The summed E-state index contributed by atoms with van der Waals surface area (Å²) in [5.41, 5.74) is 1.04. The molecule has 0 saturated carbocycles. The summed E-state index contributed by atoms with van der Waals surface area (Å²) in [5, 5.41) is 38.4. The summed E-state index contributed by atoms with van der Waals surface area (Å²) in [5.74, 6) is -0.573. The molecule has 8 heteroatoms. The molecular weight excluding hydrogens is 308 g/mol. The van der Waals surface area contributed by atoms with Gasteiger partial charge in [-0.2, -0.15) is 0 Å². The Labute approximate surface area is 134 Å². The Kier molecular flexibility index (Phi) is 6.12. The van der Waals surface area contributed by atoms with Crippen LogP contribution in [-0.2, 0) is 19.0 Å². The minimum Gasteiger partial charge on any atom is -0.456 e. The van der Waals surface area contributed by atoms with Crippen LogP contribution in [0.3, 0.4) is 0 Å². The summed E-state index contributed by atoms with van der Waals surface area (Å²) in [7, 11) is 0. The normalized spacial score (nSPS) is 41.3. The van der Waals surface area contributed by atoms with Crippen LogP contribution >= 0.6 is 0 Å². The number of hydrogen-bond donors (Lipinski definition) is 4. The van der Waals surface area contributed by atoms with Crippen molar-refractivity contribution in [2.75, 3.05) is 6.61 Å². The molecular formula is C15H24O8. The lowest BCUT2D eigenvalue weighted by Gasteiger charge is -2.41. The predicted molar refractivity (Wildman–Crippen MR) is 77.2 cm³/mol. The molecule has 2 aliphatic heterocycles. The van der Waals surface area contributed by atoms with Gasteiger partial charge in [-0.05, 0) is 32.8 Å². The average Bonchev–Trinajstić information content (AvgIpc) is 2.49. The van der Waals surface area contributed by atoms with E-state index < -0.39 is 49.4 Å². The second-order valence-electron chi connectivity index (χ2n) is 6.12. The van der Waals surface area contributed by atoms with E-state index >= 15 is 0 Å². The molecule has 0 radical (unpaired) electrons. The highest BCUT2D eigenvalue weighted by Gasteiger charge is 2.46. The van der Waals surface area contributed by atoms with Crippen LogP contribution in [0.25, 0.3) is 0 Å². The van der Waals surface area contributed by atoms with E-state index in [1.54, 1.807) is 0 Å². The average molecular weight is 332 g/mol. The highest BCUT2D eigenvalue weighted by Crippen LogP contribution is 2.26. The van der Waals surface area contributed by atoms with Crippen LogP contribution in [0.5, 0.6) is 0 Å². The van der Waals surface area contributed by atoms with Gasteiger partial charge in [-0.25, -0.2) is 4.79 Å². The van der Waals surface area contributed by atoms with E-state index in [0.717, 1.165) is 5.57 Å². The number of hydrogen-bond acceptors (Lipinski definition) is 8. The van der Waals surface area contributed by atoms with Gasteiger partial charge in [0.2, 0.25) is 0 Å². The fourth-order valence-electron chi connectivity index (χ4n) is 2.67. The van der Waals surface area contributed by atoms with E-state index in [2.05, 4.69) is 0 Å². The Hall–Kier alpha value is -1.03. The SMILES string of the molecule is CC(C)=CC1CCC(O[C@@H]2O[C@H](CO)[C@@H](O)[C@H](O)[C@H]2O)C(=O)O1. The summed E-state index contributed by atoms with van der Waals surface area (Å²) in [6.45, 7) is 3.26. The molecule has 2 saturated heterocycles. The van der Waals surface area contributed by atoms with E-state index in [0.29, 0.717) is 12.8 Å². The van der Waals surface area contributed by atoms with Gasteiger partial charge in [0.05, 0.1) is 6.61 Å². The number of aliphatic hydroxyl groups excluding tert-OH is 4. The molecule has 0 bridgehead atoms. The first-order valence-corrected chi connectivity index (χ1v) is 7.65. The Morgan fingerprint density at radius 2 is 1.91 bits per heavy atom. The largest absolute Gasteiger partial charge is 0.456 e. The van der Waals surface area contributed by atoms with Crippen LogP contribution in [0.15, 0.2) is 11.6 Å². The predicted octanol–water partition coefficient (Wildman–Crippen LogP) is -1.16. The van der Waals surface area contributed by atoms with Crippen LogP contribution in [0.1, 0.15) is 26.7 Å². The van der Waals surface area contributed by atoms with E-state index in [9.17, 15) is 20.1 Å². The van der Waals surface area contributed by atoms with Crippen LogP contribution in [0.4, 0.5) is 0 Å². The van der Waals surface area contributed by atoms with Gasteiger partial charge in [-0.1, -0.05) is 5.57 Å². The lowest BCUT2D eigenvalue weighted by Crippen LogP contribution is -2.60. The van der Waals surface area contributed by atoms with Gasteiger partial charge in [0.1, 0.15) is 30.5 Å². The van der Waals surface area contributed by atoms with Gasteiger partial charge in [0.25, 0.3) is 0 Å². The second-order valence-corrected chi connectivity index (χ2v) is 6.12. The minimum atomic E-state index is -1.54. The molecule has 0 aromatic rings. The lowest BCUT2D eigenvalue weighted by molar-refractivity contribution is -0.312. The number of aliphatic hydroxyl groups is 4. The van der Waals surface area contributed by atoms with E-state index in [-0.39, 0.29) is 6.10 Å². The minimum absolute atomic E-state index is 0.304. The van der Waals surface area contributed by atoms with Gasteiger partial charge < -0.3 is 34.6 Å². The third-order valence-electron chi connectivity index (χ3n) is 3.91. The number of esters is 1. The first-order chi connectivity index (χ1) is 10.8. The number of ether oxygens (including phenoxy) is 3. The van der Waals surface area contributed by atoms with Crippen molar-refractivity contribution in [3.8, 4) is 0 Å². The highest BCUT2D eigenvalue weighted by molar-refractivity contribution is 5.75. The van der Waals surface area contributed by atoms with Crippen molar-refractivity contribution in [3.05, 3.63) is 11.6 Å². The van der Waals surface area contributed by atoms with Crippen LogP contribution < -0.4 is 0 Å². The molecule has 2 heterocycles. The van der Waals surface area contributed by atoms with Crippen LogP contribution in [0, 0.1) is 0 Å². The summed E-state index contributed by atoms with van der Waals surface area (Å²) < 4.78 is 15.9. The number of cyclic esters (lactones) is 1. The van der Waals surface area contributed by atoms with Crippen molar-refractivity contribution < 1.29 is 39.4 Å². The topological polar surface area (TPSA) is 126 Å². The molecule has 0 aromatic heterocycles. The molecule has 0 aromatic carbocycles. The number of allylic oxidation sites excluding steroid dienone is 1. The van der Waals surface area contributed by atoms with Crippen LogP contribution in [0.2, 0.25) is 0 Å². The molecule has 2 unspecified atom stereocenters. The Morgan fingerprint density at radius 3 is 2.48 bits per heavy atom. The van der Waals surface area contributed by atoms with Crippen molar-refractivity contribution in [2.24, 2.45) is 0 Å². The Balaban J connectivity index is 1.96. The van der Waals surface area contributed by atoms with Gasteiger partial charge in [0, 0.05) is 0 Å².